The van der Waals surface area contributed by atoms with Crippen molar-refractivity contribution >= 4 is 12.3 Å². The summed E-state index contributed by atoms with van der Waals surface area (Å²) in [7, 11) is 0. The van der Waals surface area contributed by atoms with Gasteiger partial charge in [0.2, 0.25) is 0 Å². The second-order valence-corrected chi connectivity index (χ2v) is 4.24. The standard InChI is InChI=1S/C12H12O4/c13-7-8-1-2-9(14)5-10(8)12(3-4-12)6-11(15)16/h1-2,5,7,14H,3-4,6H2,(H,15,16). The molecule has 0 spiro atoms. The van der Waals surface area contributed by atoms with E-state index in [9.17, 15) is 14.7 Å². The van der Waals surface area contributed by atoms with Gasteiger partial charge in [-0.1, -0.05) is 0 Å². The predicted octanol–water partition coefficient (Wildman–Crippen LogP) is 1.71. The first-order valence-corrected chi connectivity index (χ1v) is 5.08. The summed E-state index contributed by atoms with van der Waals surface area (Å²) in [4.78, 5) is 21.6. The van der Waals surface area contributed by atoms with Crippen LogP contribution < -0.4 is 0 Å². The van der Waals surface area contributed by atoms with E-state index in [0.717, 1.165) is 12.8 Å². The van der Waals surface area contributed by atoms with Crippen LogP contribution in [0.25, 0.3) is 0 Å². The number of carbonyl (C=O) groups is 2. The highest BCUT2D eigenvalue weighted by Crippen LogP contribution is 2.52. The lowest BCUT2D eigenvalue weighted by molar-refractivity contribution is -0.137. The van der Waals surface area contributed by atoms with Crippen molar-refractivity contribution < 1.29 is 19.8 Å². The van der Waals surface area contributed by atoms with Crippen molar-refractivity contribution in [3.63, 3.8) is 0 Å². The summed E-state index contributed by atoms with van der Waals surface area (Å²) in [5, 5.41) is 18.2. The molecule has 0 amide bonds. The van der Waals surface area contributed by atoms with Gasteiger partial charge >= 0.3 is 5.97 Å². The third-order valence-electron chi connectivity index (χ3n) is 3.08. The molecule has 4 heteroatoms. The van der Waals surface area contributed by atoms with Crippen molar-refractivity contribution in [3.8, 4) is 5.75 Å². The Balaban J connectivity index is 2.42. The molecule has 1 aromatic rings. The van der Waals surface area contributed by atoms with Crippen molar-refractivity contribution in [2.75, 3.05) is 0 Å². The van der Waals surface area contributed by atoms with E-state index in [2.05, 4.69) is 0 Å². The largest absolute Gasteiger partial charge is 0.508 e. The number of aldehydes is 1. The number of aliphatic carboxylic acids is 1. The van der Waals surface area contributed by atoms with E-state index in [0.29, 0.717) is 17.4 Å². The molecular weight excluding hydrogens is 208 g/mol. The number of hydrogen-bond acceptors (Lipinski definition) is 3. The Kier molecular flexibility index (Phi) is 2.42. The topological polar surface area (TPSA) is 74.6 Å². The van der Waals surface area contributed by atoms with Crippen LogP contribution in [0.2, 0.25) is 0 Å². The molecule has 2 N–H and O–H groups in total. The fraction of sp³-hybridized carbons (Fsp3) is 0.333. The van der Waals surface area contributed by atoms with Gasteiger partial charge in [-0.15, -0.1) is 0 Å². The van der Waals surface area contributed by atoms with Crippen molar-refractivity contribution in [3.05, 3.63) is 29.3 Å². The Morgan fingerprint density at radius 1 is 1.44 bits per heavy atom. The van der Waals surface area contributed by atoms with Gasteiger partial charge in [-0.25, -0.2) is 0 Å². The van der Waals surface area contributed by atoms with Crippen molar-refractivity contribution in [1.82, 2.24) is 0 Å². The summed E-state index contributed by atoms with van der Waals surface area (Å²) in [5.74, 6) is -0.810. The Hall–Kier alpha value is -1.84. The van der Waals surface area contributed by atoms with Gasteiger partial charge in [-0.2, -0.15) is 0 Å². The number of phenolic OH excluding ortho intramolecular Hbond substituents is 1. The van der Waals surface area contributed by atoms with Crippen LogP contribution in [0.1, 0.15) is 35.2 Å². The monoisotopic (exact) mass is 220 g/mol. The Bertz CT molecular complexity index is 446. The number of rotatable bonds is 4. The summed E-state index contributed by atoms with van der Waals surface area (Å²) in [6, 6.07) is 4.46. The zero-order chi connectivity index (χ0) is 11.8. The number of carboxylic acids is 1. The fourth-order valence-corrected chi connectivity index (χ4v) is 2.09. The van der Waals surface area contributed by atoms with Crippen molar-refractivity contribution in [2.45, 2.75) is 24.7 Å². The van der Waals surface area contributed by atoms with Gasteiger partial charge in [-0.05, 0) is 36.6 Å². The normalized spacial score (nSPS) is 16.8. The molecule has 84 valence electrons. The lowest BCUT2D eigenvalue weighted by Gasteiger charge is -2.15. The zero-order valence-electron chi connectivity index (χ0n) is 8.64. The molecule has 1 fully saturated rings. The number of aromatic hydroxyl groups is 1. The summed E-state index contributed by atoms with van der Waals surface area (Å²) in [6.07, 6.45) is 2.22. The maximum atomic E-state index is 10.9. The lowest BCUT2D eigenvalue weighted by Crippen LogP contribution is -2.15. The fourth-order valence-electron chi connectivity index (χ4n) is 2.09. The van der Waals surface area contributed by atoms with E-state index in [1.165, 1.54) is 18.2 Å². The molecule has 2 rings (SSSR count). The molecule has 1 aliphatic carbocycles. The molecule has 1 aromatic carbocycles. The molecular formula is C12H12O4. The van der Waals surface area contributed by atoms with Crippen LogP contribution in [0.5, 0.6) is 5.75 Å². The van der Waals surface area contributed by atoms with Gasteiger partial charge in [-0.3, -0.25) is 9.59 Å². The highest BCUT2D eigenvalue weighted by Gasteiger charge is 2.47. The third kappa shape index (κ3) is 1.78. The average Bonchev–Trinajstić information content (AvgIpc) is 2.98. The first-order valence-electron chi connectivity index (χ1n) is 5.08. The van der Waals surface area contributed by atoms with Crippen LogP contribution in [0.3, 0.4) is 0 Å². The van der Waals surface area contributed by atoms with E-state index in [1.54, 1.807) is 0 Å². The first-order chi connectivity index (χ1) is 7.57. The van der Waals surface area contributed by atoms with Gasteiger partial charge in [0.15, 0.2) is 0 Å². The molecule has 0 heterocycles. The Morgan fingerprint density at radius 2 is 2.12 bits per heavy atom. The maximum Gasteiger partial charge on any atom is 0.304 e. The smallest absolute Gasteiger partial charge is 0.304 e. The second kappa shape index (κ2) is 3.63. The van der Waals surface area contributed by atoms with Gasteiger partial charge in [0, 0.05) is 11.0 Å². The number of benzene rings is 1. The molecule has 0 radical (unpaired) electrons. The van der Waals surface area contributed by atoms with E-state index < -0.39 is 11.4 Å². The predicted molar refractivity (Wildman–Crippen MR) is 56.7 cm³/mol. The highest BCUT2D eigenvalue weighted by atomic mass is 16.4. The summed E-state index contributed by atoms with van der Waals surface area (Å²) < 4.78 is 0. The molecule has 4 nitrogen and oxygen atoms in total. The van der Waals surface area contributed by atoms with Crippen LogP contribution in [-0.2, 0) is 10.2 Å². The Morgan fingerprint density at radius 3 is 2.62 bits per heavy atom. The SMILES string of the molecule is O=Cc1ccc(O)cc1C1(CC(=O)O)CC1. The molecule has 0 bridgehead atoms. The van der Waals surface area contributed by atoms with Crippen molar-refractivity contribution in [2.24, 2.45) is 0 Å². The molecule has 0 saturated heterocycles. The summed E-state index contributed by atoms with van der Waals surface area (Å²) >= 11 is 0. The van der Waals surface area contributed by atoms with Crippen LogP contribution in [-0.4, -0.2) is 22.5 Å². The number of carbonyl (C=O) groups excluding carboxylic acids is 1. The summed E-state index contributed by atoms with van der Waals surface area (Å²) in [5.41, 5.74) is 0.683. The highest BCUT2D eigenvalue weighted by molar-refractivity contribution is 5.80. The third-order valence-corrected chi connectivity index (χ3v) is 3.08. The van der Waals surface area contributed by atoms with Crippen LogP contribution >= 0.6 is 0 Å². The van der Waals surface area contributed by atoms with E-state index >= 15 is 0 Å². The first kappa shape index (κ1) is 10.7. The molecule has 0 atom stereocenters. The number of carboxylic acid groups (broad SMARTS) is 1. The average molecular weight is 220 g/mol. The molecule has 0 unspecified atom stereocenters. The van der Waals surface area contributed by atoms with Crippen LogP contribution in [0.15, 0.2) is 18.2 Å². The van der Waals surface area contributed by atoms with E-state index in [4.69, 9.17) is 5.11 Å². The van der Waals surface area contributed by atoms with Crippen LogP contribution in [0.4, 0.5) is 0 Å². The van der Waals surface area contributed by atoms with Gasteiger partial charge in [0.05, 0.1) is 6.42 Å². The molecule has 1 aliphatic rings. The minimum absolute atomic E-state index is 0.0112. The molecule has 0 aromatic heterocycles. The number of hydrogen-bond donors (Lipinski definition) is 2. The zero-order valence-corrected chi connectivity index (χ0v) is 8.64. The molecule has 1 saturated carbocycles. The Labute approximate surface area is 92.5 Å². The maximum absolute atomic E-state index is 10.9. The second-order valence-electron chi connectivity index (χ2n) is 4.24. The van der Waals surface area contributed by atoms with E-state index in [1.807, 2.05) is 0 Å². The van der Waals surface area contributed by atoms with Gasteiger partial charge < -0.3 is 10.2 Å². The molecule has 16 heavy (non-hydrogen) atoms. The lowest BCUT2D eigenvalue weighted by atomic mass is 9.88. The van der Waals surface area contributed by atoms with Crippen molar-refractivity contribution in [1.29, 1.82) is 0 Å². The minimum Gasteiger partial charge on any atom is -0.508 e. The molecule has 0 aliphatic heterocycles. The van der Waals surface area contributed by atoms with E-state index in [-0.39, 0.29) is 12.2 Å². The van der Waals surface area contributed by atoms with Gasteiger partial charge in [0.25, 0.3) is 0 Å². The quantitative estimate of drug-likeness (QED) is 0.757. The summed E-state index contributed by atoms with van der Waals surface area (Å²) in [6.45, 7) is 0. The van der Waals surface area contributed by atoms with Gasteiger partial charge in [0.1, 0.15) is 12.0 Å². The number of phenols is 1. The van der Waals surface area contributed by atoms with Crippen LogP contribution in [0, 0.1) is 0 Å². The minimum atomic E-state index is -0.877.